The van der Waals surface area contributed by atoms with Crippen LogP contribution in [-0.2, 0) is 19.4 Å². The number of hydrogen-bond acceptors (Lipinski definition) is 4. The first-order valence-corrected chi connectivity index (χ1v) is 8.91. The fourth-order valence-electron chi connectivity index (χ4n) is 3.91. The molecule has 0 spiro atoms. The van der Waals surface area contributed by atoms with Gasteiger partial charge in [0.25, 0.3) is 0 Å². The van der Waals surface area contributed by atoms with E-state index in [0.717, 1.165) is 6.42 Å². The third-order valence-electron chi connectivity index (χ3n) is 4.87. The second kappa shape index (κ2) is 4.19. The van der Waals surface area contributed by atoms with E-state index in [1.165, 1.54) is 0 Å². The average molecular weight is 300 g/mol. The summed E-state index contributed by atoms with van der Waals surface area (Å²) in [6.07, 6.45) is 1.96. The monoisotopic (exact) mass is 300 g/mol. The van der Waals surface area contributed by atoms with E-state index in [1.807, 2.05) is 0 Å². The summed E-state index contributed by atoms with van der Waals surface area (Å²) in [6.45, 7) is 4.15. The van der Waals surface area contributed by atoms with Crippen LogP contribution in [0.4, 0.5) is 0 Å². The number of sulfone groups is 1. The number of amides is 2. The van der Waals surface area contributed by atoms with Gasteiger partial charge in [-0.15, -0.1) is 0 Å². The Kier molecular flexibility index (Phi) is 2.90. The van der Waals surface area contributed by atoms with Crippen molar-refractivity contribution in [1.29, 1.82) is 0 Å². The molecule has 0 aromatic carbocycles. The van der Waals surface area contributed by atoms with Crippen LogP contribution in [0.3, 0.4) is 0 Å². The van der Waals surface area contributed by atoms with E-state index in [0.29, 0.717) is 19.4 Å². The van der Waals surface area contributed by atoms with Crippen molar-refractivity contribution in [1.82, 2.24) is 9.80 Å². The van der Waals surface area contributed by atoms with Gasteiger partial charge in [0.15, 0.2) is 9.84 Å². The molecule has 3 unspecified atom stereocenters. The van der Waals surface area contributed by atoms with Gasteiger partial charge in [-0.1, -0.05) is 0 Å². The van der Waals surface area contributed by atoms with Crippen LogP contribution in [0.1, 0.15) is 33.1 Å². The Morgan fingerprint density at radius 3 is 2.55 bits per heavy atom. The average Bonchev–Trinajstić information content (AvgIpc) is 2.92. The maximum atomic E-state index is 12.7. The Morgan fingerprint density at radius 1 is 1.25 bits per heavy atom. The standard InChI is InChI=1S/C13H20N2O4S/c1-9-11(16)14-6-3-4-10(14)12(17)15(9)13(2)5-7-20(18,19)8-13/h9-10H,3-8H2,1-2H3. The summed E-state index contributed by atoms with van der Waals surface area (Å²) >= 11 is 0. The van der Waals surface area contributed by atoms with Crippen molar-refractivity contribution in [2.24, 2.45) is 0 Å². The number of carbonyl (C=O) groups is 2. The van der Waals surface area contributed by atoms with Crippen molar-refractivity contribution in [3.8, 4) is 0 Å². The molecule has 0 aliphatic carbocycles. The molecule has 6 nitrogen and oxygen atoms in total. The summed E-state index contributed by atoms with van der Waals surface area (Å²) in [5.74, 6) is -0.0506. The predicted molar refractivity (Wildman–Crippen MR) is 72.7 cm³/mol. The minimum Gasteiger partial charge on any atom is -0.329 e. The van der Waals surface area contributed by atoms with Gasteiger partial charge in [0, 0.05) is 6.54 Å². The van der Waals surface area contributed by atoms with Crippen LogP contribution < -0.4 is 0 Å². The first-order chi connectivity index (χ1) is 9.25. The molecule has 3 atom stereocenters. The molecule has 0 N–H and O–H groups in total. The lowest BCUT2D eigenvalue weighted by atomic mass is 9.93. The molecule has 0 aromatic heterocycles. The van der Waals surface area contributed by atoms with Gasteiger partial charge in [0.2, 0.25) is 11.8 Å². The van der Waals surface area contributed by atoms with Crippen LogP contribution in [0, 0.1) is 0 Å². The number of fused-ring (bicyclic) bond motifs is 1. The highest BCUT2D eigenvalue weighted by Gasteiger charge is 2.54. The fourth-order valence-corrected chi connectivity index (χ4v) is 6.03. The van der Waals surface area contributed by atoms with Crippen LogP contribution in [0.15, 0.2) is 0 Å². The summed E-state index contributed by atoms with van der Waals surface area (Å²) < 4.78 is 23.6. The van der Waals surface area contributed by atoms with Crippen LogP contribution in [0.25, 0.3) is 0 Å². The molecule has 20 heavy (non-hydrogen) atoms. The van der Waals surface area contributed by atoms with Crippen LogP contribution in [-0.4, -0.2) is 65.7 Å². The van der Waals surface area contributed by atoms with Crippen LogP contribution in [0.2, 0.25) is 0 Å². The van der Waals surface area contributed by atoms with E-state index in [-0.39, 0.29) is 29.4 Å². The van der Waals surface area contributed by atoms with E-state index in [9.17, 15) is 18.0 Å². The zero-order valence-corrected chi connectivity index (χ0v) is 12.6. The molecule has 0 aromatic rings. The summed E-state index contributed by atoms with van der Waals surface area (Å²) in [4.78, 5) is 28.3. The molecule has 7 heteroatoms. The molecule has 3 rings (SSSR count). The maximum absolute atomic E-state index is 12.7. The van der Waals surface area contributed by atoms with Crippen molar-refractivity contribution in [3.05, 3.63) is 0 Å². The van der Waals surface area contributed by atoms with Gasteiger partial charge in [-0.2, -0.15) is 0 Å². The SMILES string of the molecule is CC1C(=O)N2CCCC2C(=O)N1C1(C)CCS(=O)(=O)C1. The molecule has 3 saturated heterocycles. The van der Waals surface area contributed by atoms with E-state index in [4.69, 9.17) is 0 Å². The Bertz CT molecular complexity index is 573. The molecule has 3 aliphatic heterocycles. The Labute approximate surface area is 119 Å². The smallest absolute Gasteiger partial charge is 0.246 e. The van der Waals surface area contributed by atoms with E-state index in [2.05, 4.69) is 0 Å². The molecule has 0 saturated carbocycles. The van der Waals surface area contributed by atoms with Crippen LogP contribution in [0.5, 0.6) is 0 Å². The molecule has 3 fully saturated rings. The van der Waals surface area contributed by atoms with Gasteiger partial charge >= 0.3 is 0 Å². The third-order valence-corrected chi connectivity index (χ3v) is 6.76. The van der Waals surface area contributed by atoms with Crippen molar-refractivity contribution in [2.75, 3.05) is 18.1 Å². The minimum atomic E-state index is -3.11. The van der Waals surface area contributed by atoms with Gasteiger partial charge in [-0.3, -0.25) is 9.59 Å². The second-order valence-electron chi connectivity index (χ2n) is 6.41. The predicted octanol–water partition coefficient (Wildman–Crippen LogP) is -0.215. The largest absolute Gasteiger partial charge is 0.329 e. The molecule has 112 valence electrons. The van der Waals surface area contributed by atoms with Gasteiger partial charge in [0.05, 0.1) is 17.0 Å². The zero-order valence-electron chi connectivity index (χ0n) is 11.8. The summed E-state index contributed by atoms with van der Waals surface area (Å²) in [5, 5.41) is 0. The Balaban J connectivity index is 1.96. The van der Waals surface area contributed by atoms with Crippen LogP contribution >= 0.6 is 0 Å². The number of hydrogen-bond donors (Lipinski definition) is 0. The summed E-state index contributed by atoms with van der Waals surface area (Å²) in [6, 6.07) is -0.936. The van der Waals surface area contributed by atoms with Gasteiger partial charge in [-0.05, 0) is 33.1 Å². The number of nitrogens with zero attached hydrogens (tertiary/aromatic N) is 2. The summed E-state index contributed by atoms with van der Waals surface area (Å²) in [5.41, 5.74) is -0.736. The van der Waals surface area contributed by atoms with E-state index < -0.39 is 21.4 Å². The highest BCUT2D eigenvalue weighted by Crippen LogP contribution is 2.36. The minimum absolute atomic E-state index is 0.0317. The van der Waals surface area contributed by atoms with Gasteiger partial charge < -0.3 is 9.80 Å². The van der Waals surface area contributed by atoms with Crippen molar-refractivity contribution in [2.45, 2.75) is 50.7 Å². The highest BCUT2D eigenvalue weighted by atomic mass is 32.2. The van der Waals surface area contributed by atoms with Gasteiger partial charge in [0.1, 0.15) is 12.1 Å². The molecule has 3 heterocycles. The normalized spacial score (nSPS) is 40.3. The Hall–Kier alpha value is -1.11. The van der Waals surface area contributed by atoms with Crippen molar-refractivity contribution < 1.29 is 18.0 Å². The molecule has 0 radical (unpaired) electrons. The molecule has 0 bridgehead atoms. The zero-order chi connectivity index (χ0) is 14.7. The lowest BCUT2D eigenvalue weighted by molar-refractivity contribution is -0.164. The molecular weight excluding hydrogens is 280 g/mol. The molecule has 3 aliphatic rings. The van der Waals surface area contributed by atoms with E-state index >= 15 is 0 Å². The fraction of sp³-hybridized carbons (Fsp3) is 0.846. The highest BCUT2D eigenvalue weighted by molar-refractivity contribution is 7.91. The maximum Gasteiger partial charge on any atom is 0.246 e. The summed E-state index contributed by atoms with van der Waals surface area (Å²) in [7, 11) is -3.11. The van der Waals surface area contributed by atoms with E-state index in [1.54, 1.807) is 23.6 Å². The molecule has 2 amide bonds. The number of carbonyl (C=O) groups excluding carboxylic acids is 2. The third kappa shape index (κ3) is 1.86. The lowest BCUT2D eigenvalue weighted by Gasteiger charge is -2.48. The number of piperazine rings is 1. The van der Waals surface area contributed by atoms with Crippen molar-refractivity contribution >= 4 is 21.7 Å². The first kappa shape index (κ1) is 13.9. The molecular formula is C13H20N2O4S. The quantitative estimate of drug-likeness (QED) is 0.671. The van der Waals surface area contributed by atoms with Gasteiger partial charge in [-0.25, -0.2) is 8.42 Å². The second-order valence-corrected chi connectivity index (χ2v) is 8.60. The lowest BCUT2D eigenvalue weighted by Crippen LogP contribution is -2.68. The topological polar surface area (TPSA) is 74.8 Å². The Morgan fingerprint density at radius 2 is 1.95 bits per heavy atom. The first-order valence-electron chi connectivity index (χ1n) is 7.09. The number of rotatable bonds is 1. The van der Waals surface area contributed by atoms with Crippen molar-refractivity contribution in [3.63, 3.8) is 0 Å².